The predicted molar refractivity (Wildman–Crippen MR) is 90.7 cm³/mol. The number of hydrogen-bond donors (Lipinski definition) is 2. The third-order valence-corrected chi connectivity index (χ3v) is 4.92. The normalized spacial score (nSPS) is 23.9. The monoisotopic (exact) mass is 402 g/mol. The summed E-state index contributed by atoms with van der Waals surface area (Å²) < 4.78 is 45.1. The maximum absolute atomic E-state index is 13.0. The van der Waals surface area contributed by atoms with Crippen molar-refractivity contribution in [3.05, 3.63) is 23.5 Å². The molecular weight excluding hydrogens is 381 g/mol. The number of nitrogens with zero attached hydrogens (tertiary/aromatic N) is 2. The Hall–Kier alpha value is -2.72. The number of primary amides is 1. The van der Waals surface area contributed by atoms with Gasteiger partial charge in [0, 0.05) is 18.8 Å². The van der Waals surface area contributed by atoms with Gasteiger partial charge in [-0.15, -0.1) is 0 Å². The fourth-order valence-electron chi connectivity index (χ4n) is 3.67. The molecule has 3 N–H and O–H groups in total. The van der Waals surface area contributed by atoms with Crippen LogP contribution in [0.1, 0.15) is 49.7 Å². The summed E-state index contributed by atoms with van der Waals surface area (Å²) in [5, 5.41) is 0. The Bertz CT molecular complexity index is 834. The molecule has 0 aromatic carbocycles. The number of nitrogens with one attached hydrogen (secondary N) is 1. The lowest BCUT2D eigenvalue weighted by Crippen LogP contribution is -2.47. The second-order valence-corrected chi connectivity index (χ2v) is 8.20. The quantitative estimate of drug-likeness (QED) is 0.807. The summed E-state index contributed by atoms with van der Waals surface area (Å²) in [4.78, 5) is 37.9. The van der Waals surface area contributed by atoms with Gasteiger partial charge in [0.05, 0.1) is 11.0 Å². The summed E-state index contributed by atoms with van der Waals surface area (Å²) in [6, 6.07) is 0.509. The van der Waals surface area contributed by atoms with Gasteiger partial charge in [0.25, 0.3) is 5.91 Å². The van der Waals surface area contributed by atoms with E-state index < -0.39 is 46.4 Å². The van der Waals surface area contributed by atoms with E-state index in [0.29, 0.717) is 23.6 Å². The number of amides is 3. The molecule has 1 aromatic heterocycles. The van der Waals surface area contributed by atoms with Crippen LogP contribution in [0.4, 0.5) is 18.0 Å². The van der Waals surface area contributed by atoms with Gasteiger partial charge in [-0.05, 0) is 39.7 Å². The number of carbonyl (C=O) groups excluding carboxylic acids is 3. The molecule has 0 spiro atoms. The molecule has 1 aliphatic carbocycles. The highest BCUT2D eigenvalue weighted by atomic mass is 19.4. The minimum atomic E-state index is -4.79. The lowest BCUT2D eigenvalue weighted by Gasteiger charge is -2.35. The predicted octanol–water partition coefficient (Wildman–Crippen LogP) is 2.08. The molecule has 2 aliphatic heterocycles. The van der Waals surface area contributed by atoms with Crippen molar-refractivity contribution in [2.75, 3.05) is 12.0 Å². The van der Waals surface area contributed by atoms with Gasteiger partial charge in [-0.1, -0.05) is 0 Å². The average molecular weight is 402 g/mol. The Morgan fingerprint density at radius 2 is 1.86 bits per heavy atom. The molecular formula is C17H21F3N4O4. The summed E-state index contributed by atoms with van der Waals surface area (Å²) in [5.41, 5.74) is 3.68. The molecule has 0 atom stereocenters. The first kappa shape index (κ1) is 20.0. The lowest BCUT2D eigenvalue weighted by molar-refractivity contribution is -0.138. The van der Waals surface area contributed by atoms with Crippen LogP contribution in [0.3, 0.4) is 0 Å². The van der Waals surface area contributed by atoms with Crippen molar-refractivity contribution in [2.24, 2.45) is 11.1 Å². The largest absolute Gasteiger partial charge is 0.444 e. The average Bonchev–Trinajstić information content (AvgIpc) is 3.14. The molecule has 1 saturated carbocycles. The van der Waals surface area contributed by atoms with Gasteiger partial charge in [-0.25, -0.2) is 4.79 Å². The van der Waals surface area contributed by atoms with Gasteiger partial charge < -0.3 is 15.4 Å². The summed E-state index contributed by atoms with van der Waals surface area (Å²) in [6.07, 6.45) is -3.66. The molecule has 3 heterocycles. The van der Waals surface area contributed by atoms with Crippen molar-refractivity contribution in [3.63, 3.8) is 0 Å². The first-order valence-corrected chi connectivity index (χ1v) is 8.63. The molecule has 3 amide bonds. The maximum Gasteiger partial charge on any atom is 0.418 e. The van der Waals surface area contributed by atoms with Gasteiger partial charge in [0.2, 0.25) is 5.91 Å². The number of nitrogens with two attached hydrogens (primary N) is 1. The molecule has 2 saturated heterocycles. The molecule has 11 heteroatoms. The Labute approximate surface area is 158 Å². The summed E-state index contributed by atoms with van der Waals surface area (Å²) in [7, 11) is 0. The zero-order chi connectivity index (χ0) is 21.1. The van der Waals surface area contributed by atoms with E-state index in [1.807, 2.05) is 0 Å². The minimum absolute atomic E-state index is 0.0950. The minimum Gasteiger partial charge on any atom is -0.444 e. The first-order valence-electron chi connectivity index (χ1n) is 8.63. The summed E-state index contributed by atoms with van der Waals surface area (Å²) >= 11 is 0. The van der Waals surface area contributed by atoms with Crippen LogP contribution in [0.25, 0.3) is 0 Å². The number of alkyl halides is 3. The molecule has 0 radical (unpaired) electrons. The second kappa shape index (κ2) is 6.14. The smallest absolute Gasteiger partial charge is 0.418 e. The van der Waals surface area contributed by atoms with Crippen LogP contribution in [0.2, 0.25) is 0 Å². The number of hydrogen-bond acceptors (Lipinski definition) is 4. The zero-order valence-corrected chi connectivity index (χ0v) is 15.6. The third-order valence-electron chi connectivity index (χ3n) is 4.92. The third kappa shape index (κ3) is 3.40. The molecule has 1 aromatic rings. The van der Waals surface area contributed by atoms with E-state index in [-0.39, 0.29) is 12.6 Å². The van der Waals surface area contributed by atoms with Crippen molar-refractivity contribution in [3.8, 4) is 0 Å². The lowest BCUT2D eigenvalue weighted by atomic mass is 9.69. The first-order chi connectivity index (χ1) is 12.7. The highest BCUT2D eigenvalue weighted by Crippen LogP contribution is 2.52. The Morgan fingerprint density at radius 1 is 1.25 bits per heavy atom. The van der Waals surface area contributed by atoms with Crippen LogP contribution in [-0.2, 0) is 15.7 Å². The molecule has 154 valence electrons. The highest BCUT2D eigenvalue weighted by Gasteiger charge is 2.61. The van der Waals surface area contributed by atoms with E-state index >= 15 is 0 Å². The number of carbonyl (C=O) groups is 3. The number of halogens is 3. The number of aromatic nitrogens is 1. The van der Waals surface area contributed by atoms with Gasteiger partial charge in [-0.3, -0.25) is 19.7 Å². The van der Waals surface area contributed by atoms with Crippen molar-refractivity contribution in [1.82, 2.24) is 9.58 Å². The molecule has 3 fully saturated rings. The Balaban J connectivity index is 1.75. The zero-order valence-electron chi connectivity index (χ0n) is 15.6. The van der Waals surface area contributed by atoms with E-state index in [9.17, 15) is 27.6 Å². The summed E-state index contributed by atoms with van der Waals surface area (Å²) in [5.74, 6) is -1.90. The summed E-state index contributed by atoms with van der Waals surface area (Å²) in [6.45, 7) is 5.27. The van der Waals surface area contributed by atoms with Crippen LogP contribution in [0.5, 0.6) is 0 Å². The van der Waals surface area contributed by atoms with Crippen LogP contribution < -0.4 is 11.2 Å². The SMILES string of the molecule is CC(C)(C)OC(=O)N1CC2(C(=O)Nn3ccc(C(F)(F)F)c3C(N)=O)CC1C2. The fraction of sp³-hybridized carbons (Fsp3) is 0.588. The molecule has 0 unspecified atom stereocenters. The Kier molecular flexibility index (Phi) is 4.39. The molecule has 8 nitrogen and oxygen atoms in total. The van der Waals surface area contributed by atoms with Crippen LogP contribution in [0.15, 0.2) is 12.3 Å². The molecule has 28 heavy (non-hydrogen) atoms. The van der Waals surface area contributed by atoms with Crippen LogP contribution >= 0.6 is 0 Å². The topological polar surface area (TPSA) is 107 Å². The maximum atomic E-state index is 13.0. The fourth-order valence-corrected chi connectivity index (χ4v) is 3.67. The second-order valence-electron chi connectivity index (χ2n) is 8.20. The van der Waals surface area contributed by atoms with E-state index in [4.69, 9.17) is 10.5 Å². The van der Waals surface area contributed by atoms with E-state index in [1.54, 1.807) is 20.8 Å². The van der Waals surface area contributed by atoms with Gasteiger partial charge in [0.15, 0.2) is 0 Å². The van der Waals surface area contributed by atoms with Gasteiger partial charge >= 0.3 is 12.3 Å². The number of fused-ring (bicyclic) bond motifs is 1. The van der Waals surface area contributed by atoms with Crippen LogP contribution in [-0.4, -0.2) is 45.7 Å². The standard InChI is InChI=1S/C17H21F3N4O4/c1-15(2,3)28-14(27)23-8-16(6-9(23)7-16)13(26)22-24-5-4-10(17(18,19)20)11(24)12(21)25/h4-5,9H,6-8H2,1-3H3,(H2,21,25)(H,22,26). The van der Waals surface area contributed by atoms with Crippen molar-refractivity contribution < 1.29 is 32.3 Å². The Morgan fingerprint density at radius 3 is 2.36 bits per heavy atom. The molecule has 2 bridgehead atoms. The number of rotatable bonds is 3. The van der Waals surface area contributed by atoms with E-state index in [2.05, 4.69) is 5.43 Å². The molecule has 3 aliphatic rings. The highest BCUT2D eigenvalue weighted by molar-refractivity contribution is 5.96. The van der Waals surface area contributed by atoms with Gasteiger partial charge in [0.1, 0.15) is 11.3 Å². The van der Waals surface area contributed by atoms with Crippen molar-refractivity contribution in [1.29, 1.82) is 0 Å². The van der Waals surface area contributed by atoms with Crippen molar-refractivity contribution >= 4 is 17.9 Å². The van der Waals surface area contributed by atoms with E-state index in [0.717, 1.165) is 6.20 Å². The van der Waals surface area contributed by atoms with Crippen LogP contribution in [0, 0.1) is 5.41 Å². The van der Waals surface area contributed by atoms with Gasteiger partial charge in [-0.2, -0.15) is 13.2 Å². The number of ether oxygens (including phenoxy) is 1. The van der Waals surface area contributed by atoms with Crippen molar-refractivity contribution in [2.45, 2.75) is 51.4 Å². The molecule has 4 rings (SSSR count). The van der Waals surface area contributed by atoms with E-state index in [1.165, 1.54) is 4.90 Å².